The summed E-state index contributed by atoms with van der Waals surface area (Å²) in [6.07, 6.45) is 0. The van der Waals surface area contributed by atoms with Gasteiger partial charge in [-0.05, 0) is 36.4 Å². The van der Waals surface area contributed by atoms with Crippen LogP contribution >= 0.6 is 0 Å². The quantitative estimate of drug-likeness (QED) is 0.0912. The lowest BCUT2D eigenvalue weighted by atomic mass is 10.00. The summed E-state index contributed by atoms with van der Waals surface area (Å²) < 4.78 is 4.82. The van der Waals surface area contributed by atoms with Crippen LogP contribution in [-0.2, 0) is 9.57 Å². The number of aliphatic hydroxyl groups excluding tert-OH is 1. The van der Waals surface area contributed by atoms with Crippen molar-refractivity contribution in [3.8, 4) is 5.88 Å². The number of rotatable bonds is 11. The van der Waals surface area contributed by atoms with Gasteiger partial charge in [-0.25, -0.2) is 15.3 Å². The fraction of sp³-hybridized carbons (Fsp3) is 0.281. The highest BCUT2D eigenvalue weighted by Crippen LogP contribution is 2.32. The number of benzene rings is 3. The van der Waals surface area contributed by atoms with Gasteiger partial charge in [0, 0.05) is 61.3 Å². The lowest BCUT2D eigenvalue weighted by Gasteiger charge is -2.34. The van der Waals surface area contributed by atoms with E-state index in [0.717, 1.165) is 31.7 Å². The van der Waals surface area contributed by atoms with Crippen LogP contribution < -0.4 is 5.48 Å². The van der Waals surface area contributed by atoms with E-state index in [1.54, 1.807) is 42.5 Å². The van der Waals surface area contributed by atoms with Gasteiger partial charge >= 0.3 is 5.97 Å². The zero-order valence-electron chi connectivity index (χ0n) is 24.0. The summed E-state index contributed by atoms with van der Waals surface area (Å²) in [5.74, 6) is -0.917. The van der Waals surface area contributed by atoms with Crippen molar-refractivity contribution in [1.29, 1.82) is 0 Å². The van der Waals surface area contributed by atoms with Crippen molar-refractivity contribution in [3.05, 3.63) is 95.1 Å². The van der Waals surface area contributed by atoms with Gasteiger partial charge in [-0.3, -0.25) is 19.4 Å². The summed E-state index contributed by atoms with van der Waals surface area (Å²) in [5, 5.41) is 20.7. The van der Waals surface area contributed by atoms with E-state index >= 15 is 0 Å². The van der Waals surface area contributed by atoms with Crippen LogP contribution in [0.3, 0.4) is 0 Å². The molecule has 4 N–H and O–H groups in total. The maximum absolute atomic E-state index is 12.7. The van der Waals surface area contributed by atoms with E-state index in [2.05, 4.69) is 20.3 Å². The molecule has 0 radical (unpaired) electrons. The third-order valence-electron chi connectivity index (χ3n) is 7.41. The molecule has 4 aromatic rings. The van der Waals surface area contributed by atoms with E-state index < -0.39 is 5.97 Å². The van der Waals surface area contributed by atoms with Gasteiger partial charge in [-0.2, -0.15) is 0 Å². The molecule has 1 amide bonds. The Morgan fingerprint density at radius 3 is 2.26 bits per heavy atom. The second-order valence-electron chi connectivity index (χ2n) is 10.2. The zero-order chi connectivity index (χ0) is 30.2. The molecule has 1 saturated heterocycles. The summed E-state index contributed by atoms with van der Waals surface area (Å²) in [6, 6.07) is 21.3. The minimum absolute atomic E-state index is 0.0835. The summed E-state index contributed by atoms with van der Waals surface area (Å²) in [6.45, 7) is 5.55. The lowest BCUT2D eigenvalue weighted by Crippen LogP contribution is -2.48. The van der Waals surface area contributed by atoms with Crippen LogP contribution in [0.15, 0.2) is 77.8 Å². The number of hydroxylamine groups is 1. The fourth-order valence-electron chi connectivity index (χ4n) is 5.07. The van der Waals surface area contributed by atoms with Crippen LogP contribution in [0.4, 0.5) is 5.69 Å². The Morgan fingerprint density at radius 2 is 1.58 bits per heavy atom. The van der Waals surface area contributed by atoms with Gasteiger partial charge in [0.1, 0.15) is 0 Å². The van der Waals surface area contributed by atoms with Crippen molar-refractivity contribution < 1.29 is 29.4 Å². The number of aromatic nitrogens is 1. The summed E-state index contributed by atoms with van der Waals surface area (Å²) in [4.78, 5) is 42.4. The third-order valence-corrected chi connectivity index (χ3v) is 7.41. The molecule has 0 saturated carbocycles. The number of aliphatic imine (C=N–C) groups is 1. The SMILES string of the molecule is COC(=O)c1ccc2c(C(=Nc3ccc(C(=O)NOCCN4CCN(CCO)CC4)cc3)c3ccccc3)c(O)[nH]c2c1. The number of amides is 1. The lowest BCUT2D eigenvalue weighted by molar-refractivity contribution is 0.0157. The van der Waals surface area contributed by atoms with E-state index in [0.29, 0.717) is 58.7 Å². The molecular formula is C32H35N5O6. The van der Waals surface area contributed by atoms with Gasteiger partial charge in [0.25, 0.3) is 5.91 Å². The maximum atomic E-state index is 12.7. The first kappa shape index (κ1) is 29.9. The predicted molar refractivity (Wildman–Crippen MR) is 163 cm³/mol. The Kier molecular flexibility index (Phi) is 9.80. The van der Waals surface area contributed by atoms with Gasteiger partial charge in [0.2, 0.25) is 0 Å². The first-order chi connectivity index (χ1) is 21.0. The van der Waals surface area contributed by atoms with Crippen molar-refractivity contribution in [2.75, 3.05) is 59.6 Å². The number of piperazine rings is 1. The smallest absolute Gasteiger partial charge is 0.337 e. The Morgan fingerprint density at radius 1 is 0.907 bits per heavy atom. The number of hydrogen-bond acceptors (Lipinski definition) is 9. The van der Waals surface area contributed by atoms with Crippen molar-refractivity contribution in [2.45, 2.75) is 0 Å². The molecule has 11 heteroatoms. The summed E-state index contributed by atoms with van der Waals surface area (Å²) in [7, 11) is 1.32. The number of aliphatic hydroxyl groups is 1. The molecule has 43 heavy (non-hydrogen) atoms. The normalized spacial score (nSPS) is 14.6. The zero-order valence-corrected chi connectivity index (χ0v) is 24.0. The standard InChI is InChI=1S/C32H35N5O6/c1-42-32(41)24-9-12-26-27(21-24)34-31(40)28(26)29(22-5-3-2-4-6-22)33-25-10-7-23(8-11-25)30(39)35-43-20-18-37-15-13-36(14-16-37)17-19-38/h2-12,21,34,38,40H,13-20H2,1H3,(H,35,39). The number of aromatic hydroxyl groups is 1. The number of carbonyl (C=O) groups is 2. The number of nitrogens with zero attached hydrogens (tertiary/aromatic N) is 3. The number of aromatic amines is 1. The Labute approximate surface area is 249 Å². The average Bonchev–Trinajstić information content (AvgIpc) is 3.37. The van der Waals surface area contributed by atoms with Gasteiger partial charge < -0.3 is 19.9 Å². The Balaban J connectivity index is 1.28. The monoisotopic (exact) mass is 585 g/mol. The molecule has 2 heterocycles. The molecule has 1 aliphatic rings. The number of H-pyrrole nitrogens is 1. The Hall–Kier alpha value is -4.55. The van der Waals surface area contributed by atoms with Crippen LogP contribution in [-0.4, -0.2) is 102 Å². The second-order valence-corrected chi connectivity index (χ2v) is 10.2. The minimum atomic E-state index is -0.475. The minimum Gasteiger partial charge on any atom is -0.494 e. The van der Waals surface area contributed by atoms with Gasteiger partial charge in [-0.15, -0.1) is 0 Å². The number of esters is 1. The average molecular weight is 586 g/mol. The van der Waals surface area contributed by atoms with Crippen LogP contribution in [0.2, 0.25) is 0 Å². The van der Waals surface area contributed by atoms with E-state index in [4.69, 9.17) is 19.7 Å². The molecule has 1 fully saturated rings. The van der Waals surface area contributed by atoms with Gasteiger partial charge in [0.15, 0.2) is 5.88 Å². The highest BCUT2D eigenvalue weighted by atomic mass is 16.7. The van der Waals surface area contributed by atoms with E-state index in [-0.39, 0.29) is 18.4 Å². The molecule has 3 aromatic carbocycles. The molecule has 1 aliphatic heterocycles. The second kappa shape index (κ2) is 14.1. The molecule has 0 unspecified atom stereocenters. The molecule has 0 spiro atoms. The molecule has 0 atom stereocenters. The molecule has 5 rings (SSSR count). The van der Waals surface area contributed by atoms with Crippen LogP contribution in [0, 0.1) is 0 Å². The van der Waals surface area contributed by atoms with Crippen LogP contribution in [0.5, 0.6) is 5.88 Å². The highest BCUT2D eigenvalue weighted by molar-refractivity contribution is 6.22. The first-order valence-corrected chi connectivity index (χ1v) is 14.1. The number of nitrogens with one attached hydrogen (secondary N) is 2. The van der Waals surface area contributed by atoms with Crippen molar-refractivity contribution >= 4 is 34.2 Å². The van der Waals surface area contributed by atoms with Crippen molar-refractivity contribution in [1.82, 2.24) is 20.3 Å². The van der Waals surface area contributed by atoms with Gasteiger partial charge in [0.05, 0.1) is 42.8 Å². The summed E-state index contributed by atoms with van der Waals surface area (Å²) in [5.41, 5.74) is 6.22. The number of β-amino-alcohol motifs (C(OH)–C–C–N with tert-alkyl or cyclic N) is 1. The maximum Gasteiger partial charge on any atom is 0.337 e. The van der Waals surface area contributed by atoms with Crippen molar-refractivity contribution in [3.63, 3.8) is 0 Å². The Bertz CT molecular complexity index is 1580. The predicted octanol–water partition coefficient (Wildman–Crippen LogP) is 3.10. The summed E-state index contributed by atoms with van der Waals surface area (Å²) >= 11 is 0. The first-order valence-electron chi connectivity index (χ1n) is 14.1. The van der Waals surface area contributed by atoms with Crippen LogP contribution in [0.1, 0.15) is 31.8 Å². The number of methoxy groups -OCH3 is 1. The topological polar surface area (TPSA) is 140 Å². The molecule has 224 valence electrons. The number of carbonyl (C=O) groups excluding carboxylic acids is 2. The highest BCUT2D eigenvalue weighted by Gasteiger charge is 2.20. The third kappa shape index (κ3) is 7.27. The molecule has 11 nitrogen and oxygen atoms in total. The van der Waals surface area contributed by atoms with Crippen molar-refractivity contribution in [2.24, 2.45) is 4.99 Å². The largest absolute Gasteiger partial charge is 0.494 e. The van der Waals surface area contributed by atoms with E-state index in [1.807, 2.05) is 30.3 Å². The number of hydrogen-bond donors (Lipinski definition) is 4. The van der Waals surface area contributed by atoms with Crippen LogP contribution in [0.25, 0.3) is 10.9 Å². The molecular weight excluding hydrogens is 550 g/mol. The number of ether oxygens (including phenoxy) is 1. The fourth-order valence-corrected chi connectivity index (χ4v) is 5.07. The molecule has 1 aromatic heterocycles. The molecule has 0 bridgehead atoms. The van der Waals surface area contributed by atoms with Gasteiger partial charge in [-0.1, -0.05) is 36.4 Å². The number of fused-ring (bicyclic) bond motifs is 1. The molecule has 0 aliphatic carbocycles. The van der Waals surface area contributed by atoms with E-state index in [9.17, 15) is 14.7 Å². The van der Waals surface area contributed by atoms with E-state index in [1.165, 1.54) is 7.11 Å².